The molecule has 7 heteroatoms. The van der Waals surface area contributed by atoms with Gasteiger partial charge in [0.25, 0.3) is 0 Å². The summed E-state index contributed by atoms with van der Waals surface area (Å²) in [5, 5.41) is 10.8. The number of unbranched alkanes of at least 4 members (excludes halogenated alkanes) is 3. The van der Waals surface area contributed by atoms with Crippen LogP contribution in [-0.2, 0) is 24.7 Å². The summed E-state index contributed by atoms with van der Waals surface area (Å²) in [4.78, 5) is 25.0. The highest BCUT2D eigenvalue weighted by Crippen LogP contribution is 2.32. The summed E-state index contributed by atoms with van der Waals surface area (Å²) in [6.07, 6.45) is 6.41. The van der Waals surface area contributed by atoms with Crippen LogP contribution in [0.25, 0.3) is 10.9 Å². The van der Waals surface area contributed by atoms with E-state index in [0.29, 0.717) is 10.8 Å². The van der Waals surface area contributed by atoms with Crippen molar-refractivity contribution < 1.29 is 19.4 Å². The molecule has 1 aromatic heterocycles. The van der Waals surface area contributed by atoms with Gasteiger partial charge in [-0.15, -0.1) is 0 Å². The smallest absolute Gasteiger partial charge is 0.303 e. The molecule has 3 rings (SSSR count). The van der Waals surface area contributed by atoms with Crippen LogP contribution in [0.1, 0.15) is 67.1 Å². The van der Waals surface area contributed by atoms with Crippen LogP contribution in [0.2, 0.25) is 5.02 Å². The second-order valence-electron chi connectivity index (χ2n) is 9.56. The molecule has 0 aliphatic heterocycles. The van der Waals surface area contributed by atoms with Crippen LogP contribution in [0.5, 0.6) is 5.75 Å². The number of benzene rings is 2. The van der Waals surface area contributed by atoms with Gasteiger partial charge < -0.3 is 14.4 Å². The molecule has 0 fully saturated rings. The number of rotatable bonds is 16. The lowest BCUT2D eigenvalue weighted by Gasteiger charge is -2.14. The topological polar surface area (TPSA) is 68.5 Å². The van der Waals surface area contributed by atoms with Crippen LogP contribution in [-0.4, -0.2) is 40.0 Å². The van der Waals surface area contributed by atoms with E-state index in [9.17, 15) is 14.7 Å². The summed E-state index contributed by atoms with van der Waals surface area (Å²) < 4.78 is 7.34. The van der Waals surface area contributed by atoms with Crippen LogP contribution < -0.4 is 4.74 Å². The number of ether oxygens (including phenoxy) is 1. The molecular weight excluding hydrogens is 506 g/mol. The Labute approximate surface area is 229 Å². The number of nitrogens with zero attached hydrogens (tertiary/aromatic N) is 1. The molecule has 0 saturated heterocycles. The molecule has 1 unspecified atom stereocenters. The number of hydrogen-bond donors (Lipinski definition) is 1. The number of methoxy groups -OCH3 is 1. The number of carboxylic acid groups (broad SMARTS) is 1. The van der Waals surface area contributed by atoms with Gasteiger partial charge in [0.05, 0.1) is 7.11 Å². The molecule has 0 bridgehead atoms. The van der Waals surface area contributed by atoms with E-state index in [1.54, 1.807) is 18.9 Å². The van der Waals surface area contributed by atoms with E-state index in [-0.39, 0.29) is 24.5 Å². The fourth-order valence-corrected chi connectivity index (χ4v) is 5.90. The molecule has 37 heavy (non-hydrogen) atoms. The van der Waals surface area contributed by atoms with Gasteiger partial charge in [-0.3, -0.25) is 9.59 Å². The third-order valence-electron chi connectivity index (χ3n) is 6.84. The van der Waals surface area contributed by atoms with Crippen LogP contribution in [0, 0.1) is 5.92 Å². The zero-order valence-corrected chi connectivity index (χ0v) is 23.7. The fourth-order valence-electron chi connectivity index (χ4n) is 4.93. The number of halogens is 1. The quantitative estimate of drug-likeness (QED) is 0.149. The van der Waals surface area contributed by atoms with Crippen molar-refractivity contribution in [2.45, 2.75) is 58.3 Å². The first-order valence-electron chi connectivity index (χ1n) is 13.1. The third kappa shape index (κ3) is 8.27. The molecule has 1 atom stereocenters. The van der Waals surface area contributed by atoms with Gasteiger partial charge >= 0.3 is 5.97 Å². The molecule has 1 heterocycles. The van der Waals surface area contributed by atoms with Gasteiger partial charge in [-0.1, -0.05) is 43.5 Å². The number of aryl methyl sites for hydroxylation is 2. The van der Waals surface area contributed by atoms with Gasteiger partial charge in [-0.2, -0.15) is 11.8 Å². The van der Waals surface area contributed by atoms with Crippen molar-refractivity contribution in [1.82, 2.24) is 4.57 Å². The number of thioether (sulfide) groups is 1. The maximum atomic E-state index is 13.6. The Morgan fingerprint density at radius 2 is 1.73 bits per heavy atom. The number of carbonyl (C=O) groups excluding carboxylic acids is 1. The predicted octanol–water partition coefficient (Wildman–Crippen LogP) is 7.60. The maximum absolute atomic E-state index is 13.6. The first kappa shape index (κ1) is 29.1. The van der Waals surface area contributed by atoms with E-state index in [1.165, 1.54) is 5.56 Å². The second-order valence-corrected chi connectivity index (χ2v) is 11.3. The number of hydrogen-bond acceptors (Lipinski definition) is 4. The number of carboxylic acids is 1. The lowest BCUT2D eigenvalue weighted by atomic mass is 9.94. The molecular formula is C30H38ClNO4S. The van der Waals surface area contributed by atoms with E-state index in [2.05, 4.69) is 16.7 Å². The largest absolute Gasteiger partial charge is 0.497 e. The minimum absolute atomic E-state index is 0.00773. The normalized spacial score (nSPS) is 12.1. The Hall–Kier alpha value is -2.44. The van der Waals surface area contributed by atoms with Gasteiger partial charge in [-0.25, -0.2) is 0 Å². The molecule has 0 aliphatic carbocycles. The van der Waals surface area contributed by atoms with Crippen LogP contribution in [0.4, 0.5) is 0 Å². The summed E-state index contributed by atoms with van der Waals surface area (Å²) in [5.74, 6) is 1.43. The fraction of sp³-hybridized carbons (Fsp3) is 0.467. The Bertz CT molecular complexity index is 1190. The molecule has 0 saturated carbocycles. The molecule has 0 amide bonds. The molecule has 2 aromatic carbocycles. The predicted molar refractivity (Wildman–Crippen MR) is 154 cm³/mol. The molecule has 3 aromatic rings. The summed E-state index contributed by atoms with van der Waals surface area (Å²) >= 11 is 8.00. The number of carbonyl (C=O) groups is 2. The number of Topliss-reactive ketones (excluding diaryl/α,β-unsaturated/α-hetero) is 1. The van der Waals surface area contributed by atoms with Crippen molar-refractivity contribution in [2.24, 2.45) is 13.0 Å². The number of aliphatic carboxylic acids is 1. The lowest BCUT2D eigenvalue weighted by Crippen LogP contribution is -2.16. The van der Waals surface area contributed by atoms with Gasteiger partial charge in [0.2, 0.25) is 0 Å². The highest BCUT2D eigenvalue weighted by Gasteiger charge is 2.25. The number of aromatic nitrogens is 1. The monoisotopic (exact) mass is 543 g/mol. The van der Waals surface area contributed by atoms with Crippen molar-refractivity contribution in [3.63, 3.8) is 0 Å². The summed E-state index contributed by atoms with van der Waals surface area (Å²) in [6, 6.07) is 13.9. The van der Waals surface area contributed by atoms with Crippen molar-refractivity contribution in [1.29, 1.82) is 0 Å². The van der Waals surface area contributed by atoms with Gasteiger partial charge in [-0.05, 0) is 79.0 Å². The van der Waals surface area contributed by atoms with Crippen LogP contribution in [0.15, 0.2) is 42.5 Å². The van der Waals surface area contributed by atoms with Crippen molar-refractivity contribution in [2.75, 3.05) is 18.6 Å². The zero-order chi connectivity index (χ0) is 26.8. The van der Waals surface area contributed by atoms with Crippen LogP contribution in [0.3, 0.4) is 0 Å². The Balaban J connectivity index is 1.68. The van der Waals surface area contributed by atoms with E-state index in [0.717, 1.165) is 72.2 Å². The Kier molecular flexibility index (Phi) is 11.4. The molecule has 5 nitrogen and oxygen atoms in total. The summed E-state index contributed by atoms with van der Waals surface area (Å²) in [5.41, 5.74) is 4.04. The highest BCUT2D eigenvalue weighted by molar-refractivity contribution is 7.99. The van der Waals surface area contributed by atoms with Gasteiger partial charge in [0.1, 0.15) is 5.75 Å². The number of ketones is 1. The van der Waals surface area contributed by atoms with Crippen molar-refractivity contribution in [3.05, 3.63) is 64.3 Å². The second kappa shape index (κ2) is 14.5. The van der Waals surface area contributed by atoms with E-state index < -0.39 is 5.97 Å². The third-order valence-corrected chi connectivity index (χ3v) is 8.20. The SMILES string of the molecule is CCSCC(CC(=O)O)CC(=O)c1c(CCCCCCc2ccc(OC)cc2)n(C)c2ccc(Cl)cc12. The lowest BCUT2D eigenvalue weighted by molar-refractivity contribution is -0.137. The summed E-state index contributed by atoms with van der Waals surface area (Å²) in [6.45, 7) is 2.05. The molecule has 0 spiro atoms. The van der Waals surface area contributed by atoms with Crippen molar-refractivity contribution >= 4 is 46.0 Å². The highest BCUT2D eigenvalue weighted by atomic mass is 35.5. The molecule has 0 radical (unpaired) electrons. The minimum atomic E-state index is -0.856. The van der Waals surface area contributed by atoms with E-state index in [4.69, 9.17) is 16.3 Å². The average molecular weight is 544 g/mol. The molecule has 1 N–H and O–H groups in total. The van der Waals surface area contributed by atoms with E-state index in [1.807, 2.05) is 44.3 Å². The Morgan fingerprint density at radius 3 is 2.38 bits per heavy atom. The molecule has 200 valence electrons. The van der Waals surface area contributed by atoms with Crippen LogP contribution >= 0.6 is 23.4 Å². The standard InChI is InChI=1S/C30H38ClNO4S/c1-4-37-20-22(18-29(34)35)17-28(33)30-25-19-23(31)13-16-26(25)32(2)27(30)10-8-6-5-7-9-21-11-14-24(36-3)15-12-21/h11-16,19,22H,4-10,17-18,20H2,1-3H3,(H,34,35). The first-order chi connectivity index (χ1) is 17.8. The van der Waals surface area contributed by atoms with E-state index >= 15 is 0 Å². The van der Waals surface area contributed by atoms with Gasteiger partial charge in [0.15, 0.2) is 5.78 Å². The average Bonchev–Trinajstić information content (AvgIpc) is 3.15. The van der Waals surface area contributed by atoms with Gasteiger partial charge in [0, 0.05) is 47.1 Å². The number of fused-ring (bicyclic) bond motifs is 1. The minimum Gasteiger partial charge on any atom is -0.497 e. The molecule has 0 aliphatic rings. The maximum Gasteiger partial charge on any atom is 0.303 e. The zero-order valence-electron chi connectivity index (χ0n) is 22.1. The Morgan fingerprint density at radius 1 is 1.03 bits per heavy atom. The summed E-state index contributed by atoms with van der Waals surface area (Å²) in [7, 11) is 3.69. The first-order valence-corrected chi connectivity index (χ1v) is 14.6. The van der Waals surface area contributed by atoms with Crippen molar-refractivity contribution in [3.8, 4) is 5.75 Å².